The monoisotopic (exact) mass is 294 g/mol. The van der Waals surface area contributed by atoms with Gasteiger partial charge in [-0.1, -0.05) is 0 Å². The maximum Gasteiger partial charge on any atom is 0.270 e. The first-order chi connectivity index (χ1) is 9.84. The third kappa shape index (κ3) is 3.29. The number of benzene rings is 1. The van der Waals surface area contributed by atoms with Crippen LogP contribution in [0.25, 0.3) is 0 Å². The minimum absolute atomic E-state index is 0.148. The van der Waals surface area contributed by atoms with E-state index < -0.39 is 10.5 Å². The van der Waals surface area contributed by atoms with Gasteiger partial charge in [-0.05, 0) is 19.9 Å². The van der Waals surface area contributed by atoms with Gasteiger partial charge in [-0.25, -0.2) is 0 Å². The summed E-state index contributed by atoms with van der Waals surface area (Å²) in [7, 11) is 0. The number of nitrogens with zero attached hydrogens (tertiary/aromatic N) is 2. The van der Waals surface area contributed by atoms with E-state index in [4.69, 9.17) is 10.6 Å². The number of carbonyl (C=O) groups excluding carboxylic acids is 1. The molecule has 0 spiro atoms. The van der Waals surface area contributed by atoms with Crippen LogP contribution in [0.5, 0.6) is 0 Å². The second-order valence-corrected chi connectivity index (χ2v) is 5.47. The van der Waals surface area contributed by atoms with Crippen LogP contribution in [-0.4, -0.2) is 41.0 Å². The molecule has 0 aromatic heterocycles. The van der Waals surface area contributed by atoms with Gasteiger partial charge in [0.2, 0.25) is 0 Å². The van der Waals surface area contributed by atoms with Crippen molar-refractivity contribution in [1.29, 1.82) is 0 Å². The minimum atomic E-state index is -0.541. The molecule has 0 aliphatic carbocycles. The van der Waals surface area contributed by atoms with Crippen LogP contribution in [0.2, 0.25) is 0 Å². The smallest absolute Gasteiger partial charge is 0.270 e. The molecule has 0 saturated carbocycles. The fraction of sp³-hybridized carbons (Fsp3) is 0.462. The van der Waals surface area contributed by atoms with Crippen molar-refractivity contribution in [1.82, 2.24) is 4.90 Å². The first kappa shape index (κ1) is 15.2. The molecular formula is C13H18N4O4. The van der Waals surface area contributed by atoms with E-state index in [1.807, 2.05) is 13.8 Å². The zero-order valence-corrected chi connectivity index (χ0v) is 12.0. The quantitative estimate of drug-likeness (QED) is 0.491. The molecule has 114 valence electrons. The number of morpholine rings is 1. The first-order valence-corrected chi connectivity index (χ1v) is 6.52. The van der Waals surface area contributed by atoms with E-state index in [0.29, 0.717) is 25.4 Å². The topological polar surface area (TPSA) is 111 Å². The summed E-state index contributed by atoms with van der Waals surface area (Å²) >= 11 is 0. The van der Waals surface area contributed by atoms with Crippen molar-refractivity contribution in [2.75, 3.05) is 25.1 Å². The molecule has 0 radical (unpaired) electrons. The highest BCUT2D eigenvalue weighted by atomic mass is 16.6. The van der Waals surface area contributed by atoms with Gasteiger partial charge in [0.15, 0.2) is 0 Å². The normalized spacial score (nSPS) is 17.4. The second kappa shape index (κ2) is 5.66. The Labute approximate surface area is 122 Å². The van der Waals surface area contributed by atoms with Crippen LogP contribution in [-0.2, 0) is 4.74 Å². The van der Waals surface area contributed by atoms with Crippen LogP contribution < -0.4 is 11.3 Å². The van der Waals surface area contributed by atoms with Gasteiger partial charge >= 0.3 is 0 Å². The average Bonchev–Trinajstić information content (AvgIpc) is 2.44. The van der Waals surface area contributed by atoms with Crippen LogP contribution in [0.15, 0.2) is 18.2 Å². The largest absolute Gasteiger partial charge is 0.372 e. The van der Waals surface area contributed by atoms with Crippen molar-refractivity contribution in [3.8, 4) is 0 Å². The van der Waals surface area contributed by atoms with E-state index in [-0.39, 0.29) is 17.2 Å². The van der Waals surface area contributed by atoms with E-state index in [2.05, 4.69) is 5.43 Å². The van der Waals surface area contributed by atoms with Gasteiger partial charge in [0, 0.05) is 25.2 Å². The van der Waals surface area contributed by atoms with E-state index >= 15 is 0 Å². The molecule has 0 atom stereocenters. The zero-order valence-electron chi connectivity index (χ0n) is 12.0. The molecule has 1 aromatic rings. The van der Waals surface area contributed by atoms with Crippen molar-refractivity contribution >= 4 is 17.3 Å². The summed E-state index contributed by atoms with van der Waals surface area (Å²) in [6.07, 6.45) is 0. The van der Waals surface area contributed by atoms with E-state index in [1.165, 1.54) is 18.2 Å². The van der Waals surface area contributed by atoms with Gasteiger partial charge in [0.1, 0.15) is 0 Å². The standard InChI is InChI=1S/C13H18N4O4/c1-13(2)8-16(5-6-21-13)12(18)10-7-9(17(19)20)3-4-11(10)15-14/h3-4,7,15H,5-6,8,14H2,1-2H3. The van der Waals surface area contributed by atoms with Crippen molar-refractivity contribution < 1.29 is 14.5 Å². The lowest BCUT2D eigenvalue weighted by Crippen LogP contribution is -2.50. The predicted octanol–water partition coefficient (Wildman–Crippen LogP) is 1.13. The van der Waals surface area contributed by atoms with Crippen LogP contribution in [0, 0.1) is 10.1 Å². The van der Waals surface area contributed by atoms with Gasteiger partial charge < -0.3 is 15.1 Å². The second-order valence-electron chi connectivity index (χ2n) is 5.47. The summed E-state index contributed by atoms with van der Waals surface area (Å²) < 4.78 is 5.56. The predicted molar refractivity (Wildman–Crippen MR) is 76.8 cm³/mol. The highest BCUT2D eigenvalue weighted by molar-refractivity contribution is 6.00. The van der Waals surface area contributed by atoms with E-state index in [9.17, 15) is 14.9 Å². The summed E-state index contributed by atoms with van der Waals surface area (Å²) in [6, 6.07) is 3.96. The molecule has 8 nitrogen and oxygen atoms in total. The highest BCUT2D eigenvalue weighted by Crippen LogP contribution is 2.25. The van der Waals surface area contributed by atoms with Crippen LogP contribution in [0.1, 0.15) is 24.2 Å². The van der Waals surface area contributed by atoms with Crippen molar-refractivity contribution in [3.05, 3.63) is 33.9 Å². The zero-order chi connectivity index (χ0) is 15.6. The number of hydrogen-bond acceptors (Lipinski definition) is 6. The maximum atomic E-state index is 12.6. The number of nitrogen functional groups attached to an aromatic ring is 1. The lowest BCUT2D eigenvalue weighted by atomic mass is 10.1. The number of hydrogen-bond donors (Lipinski definition) is 2. The summed E-state index contributed by atoms with van der Waals surface area (Å²) in [5.74, 6) is 5.08. The Hall–Kier alpha value is -2.19. The summed E-state index contributed by atoms with van der Waals surface area (Å²) in [4.78, 5) is 24.5. The summed E-state index contributed by atoms with van der Waals surface area (Å²) in [5, 5.41) is 10.9. The SMILES string of the molecule is CC1(C)CN(C(=O)c2cc([N+](=O)[O-])ccc2NN)CCO1. The van der Waals surface area contributed by atoms with Gasteiger partial charge in [0.05, 0.1) is 28.4 Å². The molecule has 21 heavy (non-hydrogen) atoms. The maximum absolute atomic E-state index is 12.6. The number of nitro benzene ring substituents is 1. The van der Waals surface area contributed by atoms with Crippen molar-refractivity contribution in [3.63, 3.8) is 0 Å². The minimum Gasteiger partial charge on any atom is -0.372 e. The number of carbonyl (C=O) groups is 1. The van der Waals surface area contributed by atoms with Crippen LogP contribution >= 0.6 is 0 Å². The molecule has 1 aliphatic rings. The van der Waals surface area contributed by atoms with Gasteiger partial charge in [0.25, 0.3) is 11.6 Å². The number of ether oxygens (including phenoxy) is 1. The third-order valence-corrected chi connectivity index (χ3v) is 3.31. The molecule has 1 aliphatic heterocycles. The highest BCUT2D eigenvalue weighted by Gasteiger charge is 2.31. The Balaban J connectivity index is 2.33. The molecule has 0 unspecified atom stereocenters. The molecule has 1 saturated heterocycles. The van der Waals surface area contributed by atoms with Gasteiger partial charge in [-0.15, -0.1) is 0 Å². The Bertz CT molecular complexity index is 573. The number of amides is 1. The lowest BCUT2D eigenvalue weighted by molar-refractivity contribution is -0.384. The van der Waals surface area contributed by atoms with Crippen LogP contribution in [0.3, 0.4) is 0 Å². The third-order valence-electron chi connectivity index (χ3n) is 3.31. The molecule has 8 heteroatoms. The average molecular weight is 294 g/mol. The first-order valence-electron chi connectivity index (χ1n) is 6.52. The number of nitro groups is 1. The molecule has 2 rings (SSSR count). The van der Waals surface area contributed by atoms with Crippen molar-refractivity contribution in [2.24, 2.45) is 5.84 Å². The Morgan fingerprint density at radius 2 is 2.24 bits per heavy atom. The van der Waals surface area contributed by atoms with Gasteiger partial charge in [-0.2, -0.15) is 0 Å². The lowest BCUT2D eigenvalue weighted by Gasteiger charge is -2.38. The fourth-order valence-electron chi connectivity index (χ4n) is 2.31. The molecule has 1 amide bonds. The number of non-ortho nitro benzene ring substituents is 1. The molecule has 1 heterocycles. The number of anilines is 1. The molecule has 3 N–H and O–H groups in total. The molecular weight excluding hydrogens is 276 g/mol. The molecule has 1 fully saturated rings. The summed E-state index contributed by atoms with van der Waals surface area (Å²) in [5.41, 5.74) is 2.35. The Kier molecular flexibility index (Phi) is 4.10. The number of nitrogens with two attached hydrogens (primary N) is 1. The summed E-state index contributed by atoms with van der Waals surface area (Å²) in [6.45, 7) is 5.07. The number of rotatable bonds is 3. The number of hydrazine groups is 1. The molecule has 1 aromatic carbocycles. The van der Waals surface area contributed by atoms with Crippen LogP contribution in [0.4, 0.5) is 11.4 Å². The van der Waals surface area contributed by atoms with Crippen molar-refractivity contribution in [2.45, 2.75) is 19.4 Å². The Morgan fingerprint density at radius 3 is 2.81 bits per heavy atom. The van der Waals surface area contributed by atoms with E-state index in [0.717, 1.165) is 0 Å². The fourth-order valence-corrected chi connectivity index (χ4v) is 2.31. The Morgan fingerprint density at radius 1 is 1.52 bits per heavy atom. The van der Waals surface area contributed by atoms with E-state index in [1.54, 1.807) is 4.90 Å². The molecule has 0 bridgehead atoms. The number of nitrogens with one attached hydrogen (secondary N) is 1. The van der Waals surface area contributed by atoms with Gasteiger partial charge in [-0.3, -0.25) is 20.8 Å².